The van der Waals surface area contributed by atoms with Crippen molar-refractivity contribution >= 4 is 34.1 Å². The number of anilines is 2. The maximum Gasteiger partial charge on any atom is 0.261 e. The Hall–Kier alpha value is -3.41. The summed E-state index contributed by atoms with van der Waals surface area (Å²) in [6.07, 6.45) is 1.53. The highest BCUT2D eigenvalue weighted by molar-refractivity contribution is 6.05. The Kier molecular flexibility index (Phi) is 4.35. The van der Waals surface area contributed by atoms with Crippen molar-refractivity contribution in [3.05, 3.63) is 70.5 Å². The van der Waals surface area contributed by atoms with Crippen LogP contribution < -0.4 is 16.1 Å². The van der Waals surface area contributed by atoms with Gasteiger partial charge in [0.15, 0.2) is 0 Å². The topological polar surface area (TPSA) is 80.2 Å². The first kappa shape index (κ1) is 16.4. The van der Waals surface area contributed by atoms with Gasteiger partial charge in [-0.2, -0.15) is 0 Å². The average Bonchev–Trinajstić information content (AvgIpc) is 2.59. The molecule has 25 heavy (non-hydrogen) atoms. The van der Waals surface area contributed by atoms with Crippen molar-refractivity contribution in [2.24, 2.45) is 7.05 Å². The number of benzene rings is 2. The first-order valence-electron chi connectivity index (χ1n) is 7.73. The van der Waals surface area contributed by atoms with Crippen LogP contribution in [0.5, 0.6) is 0 Å². The molecule has 6 nitrogen and oxygen atoms in total. The summed E-state index contributed by atoms with van der Waals surface area (Å²) in [5, 5.41) is 5.85. The van der Waals surface area contributed by atoms with E-state index in [9.17, 15) is 14.4 Å². The predicted octanol–water partition coefficient (Wildman–Crippen LogP) is 2.75. The fourth-order valence-electron chi connectivity index (χ4n) is 2.64. The van der Waals surface area contributed by atoms with E-state index in [0.29, 0.717) is 16.8 Å². The number of hydrogen-bond acceptors (Lipinski definition) is 3. The fraction of sp³-hybridized carbons (Fsp3) is 0.105. The largest absolute Gasteiger partial charge is 0.350 e. The first-order chi connectivity index (χ1) is 12.0. The van der Waals surface area contributed by atoms with E-state index in [2.05, 4.69) is 10.6 Å². The Morgan fingerprint density at radius 2 is 1.52 bits per heavy atom. The molecule has 0 aliphatic heterocycles. The molecular weight excluding hydrogens is 318 g/mol. The average molecular weight is 335 g/mol. The Balaban J connectivity index is 1.89. The Labute approximate surface area is 144 Å². The molecule has 3 aromatic rings. The van der Waals surface area contributed by atoms with Gasteiger partial charge in [-0.25, -0.2) is 0 Å². The summed E-state index contributed by atoms with van der Waals surface area (Å²) in [6, 6.07) is 13.8. The summed E-state index contributed by atoms with van der Waals surface area (Å²) in [6.45, 7) is 1.42. The quantitative estimate of drug-likeness (QED) is 0.772. The predicted molar refractivity (Wildman–Crippen MR) is 97.9 cm³/mol. The summed E-state index contributed by atoms with van der Waals surface area (Å²) in [5.74, 6) is -0.643. The van der Waals surface area contributed by atoms with Crippen molar-refractivity contribution in [2.75, 3.05) is 10.6 Å². The second kappa shape index (κ2) is 6.60. The van der Waals surface area contributed by atoms with Crippen LogP contribution in [0.2, 0.25) is 0 Å². The van der Waals surface area contributed by atoms with Crippen LogP contribution in [0.1, 0.15) is 17.3 Å². The number of carbonyl (C=O) groups is 2. The number of nitrogens with zero attached hydrogens (tertiary/aromatic N) is 1. The number of para-hydroxylation sites is 1. The van der Waals surface area contributed by atoms with Crippen molar-refractivity contribution in [2.45, 2.75) is 6.92 Å². The second-order valence-electron chi connectivity index (χ2n) is 5.71. The molecule has 1 aromatic heterocycles. The van der Waals surface area contributed by atoms with E-state index in [4.69, 9.17) is 0 Å². The third kappa shape index (κ3) is 3.42. The summed E-state index contributed by atoms with van der Waals surface area (Å²) < 4.78 is 1.76. The SMILES string of the molecule is CC(=O)Nc1ccc(NC(=O)c2cn(C)c3ccccc3c2=O)cc1. The molecule has 0 aliphatic rings. The molecule has 126 valence electrons. The molecule has 0 unspecified atom stereocenters. The first-order valence-corrected chi connectivity index (χ1v) is 7.73. The third-order valence-corrected chi connectivity index (χ3v) is 3.80. The van der Waals surface area contributed by atoms with Crippen LogP contribution in [0.3, 0.4) is 0 Å². The van der Waals surface area contributed by atoms with Gasteiger partial charge in [0.1, 0.15) is 5.56 Å². The molecule has 0 fully saturated rings. The van der Waals surface area contributed by atoms with Gasteiger partial charge in [0, 0.05) is 36.9 Å². The van der Waals surface area contributed by atoms with Crippen molar-refractivity contribution in [3.8, 4) is 0 Å². The lowest BCUT2D eigenvalue weighted by Crippen LogP contribution is -2.23. The van der Waals surface area contributed by atoms with Gasteiger partial charge in [0.05, 0.1) is 5.52 Å². The standard InChI is InChI=1S/C19H17N3O3/c1-12(23)20-13-7-9-14(10-8-13)21-19(25)16-11-22(2)17-6-4-3-5-15(17)18(16)24/h3-11H,1-2H3,(H,20,23)(H,21,25). The molecule has 2 aromatic carbocycles. The molecule has 0 aliphatic carbocycles. The highest BCUT2D eigenvalue weighted by Gasteiger charge is 2.14. The highest BCUT2D eigenvalue weighted by atomic mass is 16.2. The normalized spacial score (nSPS) is 10.5. The van der Waals surface area contributed by atoms with Crippen molar-refractivity contribution in [1.82, 2.24) is 4.57 Å². The van der Waals surface area contributed by atoms with E-state index in [1.807, 2.05) is 12.1 Å². The lowest BCUT2D eigenvalue weighted by atomic mass is 10.1. The molecule has 2 N–H and O–H groups in total. The fourth-order valence-corrected chi connectivity index (χ4v) is 2.64. The van der Waals surface area contributed by atoms with E-state index in [1.165, 1.54) is 13.1 Å². The molecule has 0 saturated heterocycles. The molecule has 0 saturated carbocycles. The summed E-state index contributed by atoms with van der Waals surface area (Å²) in [7, 11) is 1.79. The monoisotopic (exact) mass is 335 g/mol. The van der Waals surface area contributed by atoms with Crippen molar-refractivity contribution < 1.29 is 9.59 Å². The number of rotatable bonds is 3. The van der Waals surface area contributed by atoms with Crippen molar-refractivity contribution in [3.63, 3.8) is 0 Å². The van der Waals surface area contributed by atoms with Crippen LogP contribution in [0.15, 0.2) is 59.5 Å². The van der Waals surface area contributed by atoms with Crippen LogP contribution in [0.4, 0.5) is 11.4 Å². The summed E-state index contributed by atoms with van der Waals surface area (Å²) in [5.41, 5.74) is 1.71. The lowest BCUT2D eigenvalue weighted by Gasteiger charge is -2.10. The number of pyridine rings is 1. The number of fused-ring (bicyclic) bond motifs is 1. The van der Waals surface area contributed by atoms with Crippen LogP contribution >= 0.6 is 0 Å². The third-order valence-electron chi connectivity index (χ3n) is 3.80. The minimum Gasteiger partial charge on any atom is -0.350 e. The van der Waals surface area contributed by atoms with Crippen LogP contribution in [-0.4, -0.2) is 16.4 Å². The van der Waals surface area contributed by atoms with E-state index in [-0.39, 0.29) is 16.9 Å². The van der Waals surface area contributed by atoms with Gasteiger partial charge in [0.25, 0.3) is 5.91 Å². The molecule has 1 heterocycles. The molecule has 0 spiro atoms. The summed E-state index contributed by atoms with van der Waals surface area (Å²) >= 11 is 0. The number of aryl methyl sites for hydroxylation is 1. The highest BCUT2D eigenvalue weighted by Crippen LogP contribution is 2.15. The van der Waals surface area contributed by atoms with E-state index < -0.39 is 5.91 Å². The van der Waals surface area contributed by atoms with Gasteiger partial charge in [-0.1, -0.05) is 12.1 Å². The number of aromatic nitrogens is 1. The zero-order valence-electron chi connectivity index (χ0n) is 13.9. The minimum absolute atomic E-state index is 0.0761. The maximum atomic E-state index is 12.6. The zero-order valence-corrected chi connectivity index (χ0v) is 13.9. The van der Waals surface area contributed by atoms with E-state index >= 15 is 0 Å². The van der Waals surface area contributed by atoms with Crippen LogP contribution in [0, 0.1) is 0 Å². The molecule has 0 atom stereocenters. The van der Waals surface area contributed by atoms with E-state index in [1.54, 1.807) is 48.0 Å². The molecular formula is C19H17N3O3. The lowest BCUT2D eigenvalue weighted by molar-refractivity contribution is -0.114. The number of nitrogens with one attached hydrogen (secondary N) is 2. The Morgan fingerprint density at radius 1 is 0.920 bits per heavy atom. The number of amides is 2. The molecule has 0 radical (unpaired) electrons. The van der Waals surface area contributed by atoms with Crippen LogP contribution in [-0.2, 0) is 11.8 Å². The number of hydrogen-bond donors (Lipinski definition) is 2. The van der Waals surface area contributed by atoms with Gasteiger partial charge in [-0.15, -0.1) is 0 Å². The Bertz CT molecular complexity index is 1020. The van der Waals surface area contributed by atoms with Crippen LogP contribution in [0.25, 0.3) is 10.9 Å². The van der Waals surface area contributed by atoms with Gasteiger partial charge in [0.2, 0.25) is 11.3 Å². The Morgan fingerprint density at radius 3 is 2.16 bits per heavy atom. The zero-order chi connectivity index (χ0) is 18.0. The molecule has 3 rings (SSSR count). The van der Waals surface area contributed by atoms with Gasteiger partial charge >= 0.3 is 0 Å². The summed E-state index contributed by atoms with van der Waals surface area (Å²) in [4.78, 5) is 36.1. The maximum absolute atomic E-state index is 12.6. The van der Waals surface area contributed by atoms with Gasteiger partial charge in [-0.05, 0) is 36.4 Å². The van der Waals surface area contributed by atoms with E-state index in [0.717, 1.165) is 5.52 Å². The molecule has 6 heteroatoms. The van der Waals surface area contributed by atoms with Crippen molar-refractivity contribution in [1.29, 1.82) is 0 Å². The van der Waals surface area contributed by atoms with Gasteiger partial charge < -0.3 is 15.2 Å². The molecule has 0 bridgehead atoms. The smallest absolute Gasteiger partial charge is 0.261 e. The van der Waals surface area contributed by atoms with Gasteiger partial charge in [-0.3, -0.25) is 14.4 Å². The molecule has 2 amide bonds. The number of carbonyl (C=O) groups excluding carboxylic acids is 2. The minimum atomic E-state index is -0.473. The second-order valence-corrected chi connectivity index (χ2v) is 5.71.